The Kier molecular flexibility index (Phi) is 7.47. The average molecular weight is 578 g/mol. The fourth-order valence-corrected chi connectivity index (χ4v) is 11.6. The zero-order chi connectivity index (χ0) is 27.7. The number of amides is 1. The number of anilines is 2. The van der Waals surface area contributed by atoms with Crippen molar-refractivity contribution in [2.75, 3.05) is 16.2 Å². The van der Waals surface area contributed by atoms with E-state index >= 15 is 0 Å². The zero-order valence-electron chi connectivity index (χ0n) is 22.1. The standard InChI is InChI=1S/C29H31N3O4S2Si/c1-29(2,3)39(24-10-6-4-7-11-24,25-12-8-5-9-13-25)36-26-18-20-32(27(26)33)22-14-16-23(17-15-22)38(34,35)31-28-30-19-21-37-28/h4-17,19,21,26H,18,20H2,1-3H3,(H,30,31)/t26-/m1/s1. The maximum absolute atomic E-state index is 13.8. The Morgan fingerprint density at radius 1 is 0.949 bits per heavy atom. The van der Waals surface area contributed by atoms with Crippen molar-refractivity contribution in [3.8, 4) is 0 Å². The highest BCUT2D eigenvalue weighted by molar-refractivity contribution is 7.93. The summed E-state index contributed by atoms with van der Waals surface area (Å²) in [6.07, 6.45) is 1.48. The molecule has 1 saturated heterocycles. The van der Waals surface area contributed by atoms with Crippen LogP contribution in [0.5, 0.6) is 0 Å². The molecule has 3 aromatic carbocycles. The van der Waals surface area contributed by atoms with Gasteiger partial charge in [-0.3, -0.25) is 9.52 Å². The molecule has 0 aliphatic carbocycles. The lowest BCUT2D eigenvalue weighted by atomic mass is 10.2. The topological polar surface area (TPSA) is 88.6 Å². The van der Waals surface area contributed by atoms with Gasteiger partial charge < -0.3 is 9.33 Å². The Morgan fingerprint density at radius 2 is 1.54 bits per heavy atom. The highest BCUT2D eigenvalue weighted by Gasteiger charge is 2.53. The summed E-state index contributed by atoms with van der Waals surface area (Å²) in [5.41, 5.74) is 0.641. The van der Waals surface area contributed by atoms with Crippen molar-refractivity contribution in [3.63, 3.8) is 0 Å². The van der Waals surface area contributed by atoms with Crippen molar-refractivity contribution >= 4 is 56.8 Å². The Balaban J connectivity index is 1.42. The van der Waals surface area contributed by atoms with Gasteiger partial charge in [0.1, 0.15) is 6.10 Å². The van der Waals surface area contributed by atoms with Crippen LogP contribution in [0.15, 0.2) is 101 Å². The van der Waals surface area contributed by atoms with E-state index in [9.17, 15) is 13.2 Å². The monoisotopic (exact) mass is 577 g/mol. The Morgan fingerprint density at radius 3 is 2.05 bits per heavy atom. The molecule has 0 spiro atoms. The molecule has 1 fully saturated rings. The van der Waals surface area contributed by atoms with Gasteiger partial charge in [0.2, 0.25) is 0 Å². The second-order valence-electron chi connectivity index (χ2n) is 10.5. The Bertz CT molecular complexity index is 1480. The molecule has 1 aromatic heterocycles. The van der Waals surface area contributed by atoms with E-state index in [1.807, 2.05) is 36.4 Å². The van der Waals surface area contributed by atoms with Gasteiger partial charge in [0.25, 0.3) is 24.2 Å². The van der Waals surface area contributed by atoms with E-state index in [0.29, 0.717) is 23.8 Å². The van der Waals surface area contributed by atoms with Gasteiger partial charge in [0.15, 0.2) is 5.13 Å². The minimum Gasteiger partial charge on any atom is -0.395 e. The van der Waals surface area contributed by atoms with E-state index in [0.717, 1.165) is 10.4 Å². The quantitative estimate of drug-likeness (QED) is 0.309. The molecule has 202 valence electrons. The molecule has 1 aliphatic rings. The Hall–Kier alpha value is -3.31. The molecule has 5 rings (SSSR count). The summed E-state index contributed by atoms with van der Waals surface area (Å²) < 4.78 is 35.0. The van der Waals surface area contributed by atoms with Gasteiger partial charge in [-0.1, -0.05) is 81.4 Å². The minimum atomic E-state index is -3.77. The largest absolute Gasteiger partial charge is 0.395 e. The van der Waals surface area contributed by atoms with Crippen LogP contribution in [-0.4, -0.2) is 40.3 Å². The molecular formula is C29H31N3O4S2Si. The summed E-state index contributed by atoms with van der Waals surface area (Å²) in [4.78, 5) is 19.5. The van der Waals surface area contributed by atoms with Crippen LogP contribution in [0.3, 0.4) is 0 Å². The molecule has 1 amide bonds. The number of carbonyl (C=O) groups is 1. The van der Waals surface area contributed by atoms with E-state index < -0.39 is 24.4 Å². The predicted octanol–water partition coefficient (Wildman–Crippen LogP) is 4.63. The van der Waals surface area contributed by atoms with Crippen molar-refractivity contribution in [1.82, 2.24) is 4.98 Å². The number of benzene rings is 3. The van der Waals surface area contributed by atoms with Gasteiger partial charge in [0, 0.05) is 23.8 Å². The van der Waals surface area contributed by atoms with E-state index in [1.54, 1.807) is 22.4 Å². The lowest BCUT2D eigenvalue weighted by molar-refractivity contribution is -0.123. The fraction of sp³-hybridized carbons (Fsp3) is 0.241. The summed E-state index contributed by atoms with van der Waals surface area (Å²) >= 11 is 1.21. The lowest BCUT2D eigenvalue weighted by Crippen LogP contribution is -2.68. The lowest BCUT2D eigenvalue weighted by Gasteiger charge is -2.44. The molecule has 39 heavy (non-hydrogen) atoms. The average Bonchev–Trinajstić information content (AvgIpc) is 3.56. The number of carbonyl (C=O) groups excluding carboxylic acids is 1. The third-order valence-corrected chi connectivity index (χ3v) is 14.2. The molecule has 0 bridgehead atoms. The van der Waals surface area contributed by atoms with Gasteiger partial charge in [-0.05, 0) is 46.1 Å². The maximum atomic E-state index is 13.8. The van der Waals surface area contributed by atoms with E-state index in [-0.39, 0.29) is 15.8 Å². The summed E-state index contributed by atoms with van der Waals surface area (Å²) in [6.45, 7) is 7.06. The first-order valence-corrected chi connectivity index (χ1v) is 17.0. The number of hydrogen-bond donors (Lipinski definition) is 1. The second kappa shape index (κ2) is 10.7. The normalized spacial score (nSPS) is 16.4. The summed E-state index contributed by atoms with van der Waals surface area (Å²) in [5.74, 6) is -0.112. The van der Waals surface area contributed by atoms with Crippen LogP contribution in [0.2, 0.25) is 5.04 Å². The van der Waals surface area contributed by atoms with E-state index in [1.165, 1.54) is 29.7 Å². The molecule has 10 heteroatoms. The Labute approximate surface area is 234 Å². The third-order valence-electron chi connectivity index (χ3n) is 7.00. The molecule has 2 heterocycles. The molecule has 0 radical (unpaired) electrons. The van der Waals surface area contributed by atoms with Crippen LogP contribution < -0.4 is 20.0 Å². The number of aromatic nitrogens is 1. The third kappa shape index (κ3) is 5.29. The van der Waals surface area contributed by atoms with Crippen LogP contribution >= 0.6 is 11.3 Å². The van der Waals surface area contributed by atoms with Crippen molar-refractivity contribution in [1.29, 1.82) is 0 Å². The van der Waals surface area contributed by atoms with Gasteiger partial charge in [-0.2, -0.15) is 0 Å². The highest BCUT2D eigenvalue weighted by atomic mass is 32.2. The molecule has 1 atom stereocenters. The number of thiazole rings is 1. The first-order chi connectivity index (χ1) is 18.6. The first-order valence-electron chi connectivity index (χ1n) is 12.7. The van der Waals surface area contributed by atoms with Crippen LogP contribution in [0.1, 0.15) is 27.2 Å². The molecule has 7 nitrogen and oxygen atoms in total. The van der Waals surface area contributed by atoms with E-state index in [4.69, 9.17) is 4.43 Å². The molecule has 0 unspecified atom stereocenters. The smallest absolute Gasteiger partial charge is 0.263 e. The van der Waals surface area contributed by atoms with Crippen LogP contribution in [-0.2, 0) is 19.2 Å². The maximum Gasteiger partial charge on any atom is 0.263 e. The second-order valence-corrected chi connectivity index (χ2v) is 17.3. The number of nitrogens with one attached hydrogen (secondary N) is 1. The molecule has 1 N–H and O–H groups in total. The highest BCUT2D eigenvalue weighted by Crippen LogP contribution is 2.39. The van der Waals surface area contributed by atoms with Crippen molar-refractivity contribution in [2.45, 2.75) is 43.2 Å². The van der Waals surface area contributed by atoms with Gasteiger partial charge in [-0.25, -0.2) is 13.4 Å². The SMILES string of the molecule is CC(C)(C)[Si](O[C@@H]1CCN(c2ccc(S(=O)(=O)Nc3nccs3)cc2)C1=O)(c1ccccc1)c1ccccc1. The van der Waals surface area contributed by atoms with Crippen LogP contribution in [0.25, 0.3) is 0 Å². The van der Waals surface area contributed by atoms with Crippen molar-refractivity contribution < 1.29 is 17.6 Å². The summed E-state index contributed by atoms with van der Waals surface area (Å²) in [5, 5.41) is 4.00. The van der Waals surface area contributed by atoms with Gasteiger partial charge >= 0.3 is 0 Å². The molecular weight excluding hydrogens is 547 g/mol. The number of nitrogens with zero attached hydrogens (tertiary/aromatic N) is 2. The fourth-order valence-electron chi connectivity index (χ4n) is 5.18. The van der Waals surface area contributed by atoms with Gasteiger partial charge in [-0.15, -0.1) is 11.3 Å². The van der Waals surface area contributed by atoms with E-state index in [2.05, 4.69) is 54.7 Å². The molecule has 0 saturated carbocycles. The molecule has 1 aliphatic heterocycles. The zero-order valence-corrected chi connectivity index (χ0v) is 24.7. The summed E-state index contributed by atoms with van der Waals surface area (Å²) in [6, 6.07) is 26.9. The van der Waals surface area contributed by atoms with Crippen LogP contribution in [0.4, 0.5) is 10.8 Å². The molecule has 4 aromatic rings. The first kappa shape index (κ1) is 27.3. The van der Waals surface area contributed by atoms with Crippen molar-refractivity contribution in [2.24, 2.45) is 0 Å². The minimum absolute atomic E-state index is 0.105. The number of hydrogen-bond acceptors (Lipinski definition) is 6. The van der Waals surface area contributed by atoms with Crippen LogP contribution in [0, 0.1) is 0 Å². The number of rotatable bonds is 8. The predicted molar refractivity (Wildman–Crippen MR) is 159 cm³/mol. The number of sulfonamides is 1. The summed E-state index contributed by atoms with van der Waals surface area (Å²) in [7, 11) is -6.67. The van der Waals surface area contributed by atoms with Crippen molar-refractivity contribution in [3.05, 3.63) is 96.5 Å². The van der Waals surface area contributed by atoms with Gasteiger partial charge in [0.05, 0.1) is 4.90 Å².